The zero-order valence-electron chi connectivity index (χ0n) is 16.5. The van der Waals surface area contributed by atoms with Crippen LogP contribution in [0.1, 0.15) is 16.2 Å². The van der Waals surface area contributed by atoms with Gasteiger partial charge < -0.3 is 14.3 Å². The molecule has 0 N–H and O–H groups in total. The van der Waals surface area contributed by atoms with Crippen molar-refractivity contribution in [3.05, 3.63) is 66.3 Å². The fourth-order valence-electron chi connectivity index (χ4n) is 3.65. The Bertz CT molecular complexity index is 1200. The van der Waals surface area contributed by atoms with Crippen molar-refractivity contribution in [2.45, 2.75) is 6.92 Å². The number of carbonyl (C=O) groups is 1. The van der Waals surface area contributed by atoms with Gasteiger partial charge in [-0.2, -0.15) is 4.98 Å². The zero-order chi connectivity index (χ0) is 20.5. The molecular formula is C22H20N6O2. The normalized spacial score (nSPS) is 14.3. The minimum Gasteiger partial charge on any atom is -0.353 e. The fraction of sp³-hybridized carbons (Fsp3) is 0.227. The highest BCUT2D eigenvalue weighted by Crippen LogP contribution is 2.21. The molecule has 1 aromatic carbocycles. The molecule has 8 heteroatoms. The summed E-state index contributed by atoms with van der Waals surface area (Å²) in [6.07, 6.45) is 3.51. The predicted molar refractivity (Wildman–Crippen MR) is 112 cm³/mol. The van der Waals surface area contributed by atoms with Crippen LogP contribution in [0.4, 0.5) is 5.82 Å². The van der Waals surface area contributed by atoms with Crippen LogP contribution < -0.4 is 4.90 Å². The van der Waals surface area contributed by atoms with Gasteiger partial charge in [-0.1, -0.05) is 11.2 Å². The maximum absolute atomic E-state index is 12.9. The highest BCUT2D eigenvalue weighted by molar-refractivity contribution is 5.98. The molecular weight excluding hydrogens is 380 g/mol. The maximum atomic E-state index is 12.9. The van der Waals surface area contributed by atoms with Crippen LogP contribution in [-0.2, 0) is 0 Å². The Kier molecular flexibility index (Phi) is 4.59. The average molecular weight is 400 g/mol. The van der Waals surface area contributed by atoms with Gasteiger partial charge in [-0.25, -0.2) is 4.98 Å². The van der Waals surface area contributed by atoms with Gasteiger partial charge in [0.25, 0.3) is 5.91 Å². The van der Waals surface area contributed by atoms with Crippen molar-refractivity contribution in [3.8, 4) is 11.4 Å². The lowest BCUT2D eigenvalue weighted by atomic mass is 10.1. The molecule has 1 fully saturated rings. The number of hydrogen-bond donors (Lipinski definition) is 0. The van der Waals surface area contributed by atoms with E-state index in [9.17, 15) is 4.79 Å². The standard InChI is InChI=1S/C22H20N6O2/c1-15-25-21(26-30-15)18-5-7-20(24-14-18)27-9-11-28(12-10-27)22(29)17-4-6-19-16(13-17)3-2-8-23-19/h2-8,13-14H,9-12H2,1H3. The number of anilines is 1. The first kappa shape index (κ1) is 18.2. The summed E-state index contributed by atoms with van der Waals surface area (Å²) < 4.78 is 5.02. The Morgan fingerprint density at radius 1 is 1.03 bits per heavy atom. The van der Waals surface area contributed by atoms with Gasteiger partial charge in [-0.15, -0.1) is 0 Å². The molecule has 1 aliphatic heterocycles. The van der Waals surface area contributed by atoms with Gasteiger partial charge in [0.2, 0.25) is 11.7 Å². The summed E-state index contributed by atoms with van der Waals surface area (Å²) in [5.41, 5.74) is 2.40. The Hall–Kier alpha value is -3.81. The molecule has 0 saturated carbocycles. The highest BCUT2D eigenvalue weighted by Gasteiger charge is 2.23. The molecule has 0 unspecified atom stereocenters. The number of aromatic nitrogens is 4. The van der Waals surface area contributed by atoms with Crippen LogP contribution >= 0.6 is 0 Å². The number of benzene rings is 1. The van der Waals surface area contributed by atoms with Gasteiger partial charge in [0.05, 0.1) is 5.52 Å². The second-order valence-electron chi connectivity index (χ2n) is 7.23. The topological polar surface area (TPSA) is 88.3 Å². The van der Waals surface area contributed by atoms with E-state index in [1.54, 1.807) is 19.3 Å². The van der Waals surface area contributed by atoms with Crippen LogP contribution in [-0.4, -0.2) is 57.1 Å². The summed E-state index contributed by atoms with van der Waals surface area (Å²) in [4.78, 5) is 30.1. The van der Waals surface area contributed by atoms with Crippen LogP contribution in [0, 0.1) is 6.92 Å². The summed E-state index contributed by atoms with van der Waals surface area (Å²) in [5.74, 6) is 1.99. The lowest BCUT2D eigenvalue weighted by molar-refractivity contribution is 0.0746. The summed E-state index contributed by atoms with van der Waals surface area (Å²) >= 11 is 0. The lowest BCUT2D eigenvalue weighted by Gasteiger charge is -2.35. The summed E-state index contributed by atoms with van der Waals surface area (Å²) in [6, 6.07) is 13.4. The van der Waals surface area contributed by atoms with E-state index in [4.69, 9.17) is 4.52 Å². The summed E-state index contributed by atoms with van der Waals surface area (Å²) in [5, 5.41) is 4.89. The molecule has 0 bridgehead atoms. The second-order valence-corrected chi connectivity index (χ2v) is 7.23. The molecule has 4 aromatic rings. The Morgan fingerprint density at radius 2 is 1.90 bits per heavy atom. The molecule has 150 valence electrons. The van der Waals surface area contributed by atoms with Gasteiger partial charge in [0.1, 0.15) is 5.82 Å². The zero-order valence-corrected chi connectivity index (χ0v) is 16.5. The summed E-state index contributed by atoms with van der Waals surface area (Å²) in [6.45, 7) is 4.52. The molecule has 0 spiro atoms. The number of nitrogens with zero attached hydrogens (tertiary/aromatic N) is 6. The van der Waals surface area contributed by atoms with Gasteiger partial charge >= 0.3 is 0 Å². The van der Waals surface area contributed by atoms with Crippen molar-refractivity contribution in [3.63, 3.8) is 0 Å². The number of fused-ring (bicyclic) bond motifs is 1. The quantitative estimate of drug-likeness (QED) is 0.522. The molecule has 1 amide bonds. The molecule has 0 radical (unpaired) electrons. The van der Waals surface area contributed by atoms with Crippen molar-refractivity contribution in [1.82, 2.24) is 25.0 Å². The molecule has 3 aromatic heterocycles. The smallest absolute Gasteiger partial charge is 0.253 e. The van der Waals surface area contributed by atoms with Crippen LogP contribution in [0.25, 0.3) is 22.3 Å². The number of rotatable bonds is 3. The molecule has 1 aliphatic rings. The van der Waals surface area contributed by atoms with Crippen molar-refractivity contribution >= 4 is 22.6 Å². The van der Waals surface area contributed by atoms with Gasteiger partial charge in [-0.05, 0) is 36.4 Å². The van der Waals surface area contributed by atoms with Crippen LogP contribution in [0.5, 0.6) is 0 Å². The van der Waals surface area contributed by atoms with E-state index in [0.29, 0.717) is 30.4 Å². The molecule has 8 nitrogen and oxygen atoms in total. The molecule has 0 aliphatic carbocycles. The predicted octanol–water partition coefficient (Wildman–Crippen LogP) is 2.95. The van der Waals surface area contributed by atoms with Crippen molar-refractivity contribution < 1.29 is 9.32 Å². The SMILES string of the molecule is Cc1nc(-c2ccc(N3CCN(C(=O)c4ccc5ncccc5c4)CC3)nc2)no1. The molecule has 5 rings (SSSR count). The lowest BCUT2D eigenvalue weighted by Crippen LogP contribution is -2.49. The monoisotopic (exact) mass is 400 g/mol. The van der Waals surface area contributed by atoms with E-state index < -0.39 is 0 Å². The summed E-state index contributed by atoms with van der Waals surface area (Å²) in [7, 11) is 0. The third-order valence-corrected chi connectivity index (χ3v) is 5.27. The maximum Gasteiger partial charge on any atom is 0.253 e. The third kappa shape index (κ3) is 3.47. The van der Waals surface area contributed by atoms with E-state index >= 15 is 0 Å². The average Bonchev–Trinajstić information content (AvgIpc) is 3.25. The number of hydrogen-bond acceptors (Lipinski definition) is 7. The van der Waals surface area contributed by atoms with Crippen LogP contribution in [0.3, 0.4) is 0 Å². The Morgan fingerprint density at radius 3 is 2.63 bits per heavy atom. The Labute approximate surface area is 173 Å². The van der Waals surface area contributed by atoms with E-state index in [1.165, 1.54) is 0 Å². The van der Waals surface area contributed by atoms with E-state index in [-0.39, 0.29) is 5.91 Å². The van der Waals surface area contributed by atoms with Crippen LogP contribution in [0.2, 0.25) is 0 Å². The van der Waals surface area contributed by atoms with E-state index in [2.05, 4.69) is 25.0 Å². The fourth-order valence-corrected chi connectivity index (χ4v) is 3.65. The minimum absolute atomic E-state index is 0.0520. The molecule has 0 atom stereocenters. The molecule has 4 heterocycles. The van der Waals surface area contributed by atoms with Crippen molar-refractivity contribution in [1.29, 1.82) is 0 Å². The largest absolute Gasteiger partial charge is 0.353 e. The van der Waals surface area contributed by atoms with E-state index in [1.807, 2.05) is 47.4 Å². The minimum atomic E-state index is 0.0520. The van der Waals surface area contributed by atoms with E-state index in [0.717, 1.165) is 35.4 Å². The number of carbonyl (C=O) groups excluding carboxylic acids is 1. The second kappa shape index (κ2) is 7.55. The number of piperazine rings is 1. The van der Waals surface area contributed by atoms with Crippen molar-refractivity contribution in [2.75, 3.05) is 31.1 Å². The third-order valence-electron chi connectivity index (χ3n) is 5.27. The van der Waals surface area contributed by atoms with Crippen molar-refractivity contribution in [2.24, 2.45) is 0 Å². The number of aryl methyl sites for hydroxylation is 1. The van der Waals surface area contributed by atoms with Gasteiger partial charge in [0.15, 0.2) is 0 Å². The first-order valence-electron chi connectivity index (χ1n) is 9.83. The van der Waals surface area contributed by atoms with Gasteiger partial charge in [0, 0.05) is 62.0 Å². The van der Waals surface area contributed by atoms with Crippen LogP contribution in [0.15, 0.2) is 59.4 Å². The first-order chi connectivity index (χ1) is 14.7. The Balaban J connectivity index is 1.25. The first-order valence-corrected chi connectivity index (χ1v) is 9.83. The number of pyridine rings is 2. The molecule has 30 heavy (non-hydrogen) atoms. The molecule has 1 saturated heterocycles. The highest BCUT2D eigenvalue weighted by atomic mass is 16.5. The van der Waals surface area contributed by atoms with Gasteiger partial charge in [-0.3, -0.25) is 9.78 Å². The number of amides is 1.